The van der Waals surface area contributed by atoms with Crippen LogP contribution < -0.4 is 11.1 Å². The Morgan fingerprint density at radius 1 is 1.38 bits per heavy atom. The summed E-state index contributed by atoms with van der Waals surface area (Å²) in [5.41, 5.74) is 7.97. The number of carbonyl (C=O) groups excluding carboxylic acids is 2. The molecular formula is C14H13BrN2O3S. The number of esters is 1. The second-order valence-electron chi connectivity index (χ2n) is 4.30. The summed E-state index contributed by atoms with van der Waals surface area (Å²) in [4.78, 5) is 24.3. The number of benzene rings is 1. The lowest BCUT2D eigenvalue weighted by Crippen LogP contribution is -2.15. The third-order valence-corrected chi connectivity index (χ3v) is 4.61. The third kappa shape index (κ3) is 3.25. The van der Waals surface area contributed by atoms with Crippen molar-refractivity contribution >= 4 is 50.5 Å². The van der Waals surface area contributed by atoms with Gasteiger partial charge in [-0.1, -0.05) is 0 Å². The number of hydrogen-bond donors (Lipinski definition) is 2. The summed E-state index contributed by atoms with van der Waals surface area (Å²) in [6.07, 6.45) is 0. The van der Waals surface area contributed by atoms with Crippen molar-refractivity contribution < 1.29 is 14.3 Å². The molecule has 1 aromatic carbocycles. The zero-order valence-corrected chi connectivity index (χ0v) is 13.8. The van der Waals surface area contributed by atoms with Gasteiger partial charge in [-0.3, -0.25) is 4.79 Å². The highest BCUT2D eigenvalue weighted by Crippen LogP contribution is 2.29. The van der Waals surface area contributed by atoms with E-state index in [0.29, 0.717) is 26.3 Å². The molecule has 1 aromatic heterocycles. The molecule has 1 heterocycles. The Labute approximate surface area is 134 Å². The molecule has 0 radical (unpaired) electrons. The second kappa shape index (κ2) is 6.28. The number of carbonyl (C=O) groups is 2. The summed E-state index contributed by atoms with van der Waals surface area (Å²) in [5.74, 6) is -0.788. The van der Waals surface area contributed by atoms with E-state index in [9.17, 15) is 9.59 Å². The second-order valence-corrected chi connectivity index (χ2v) is 6.04. The fraction of sp³-hybridized carbons (Fsp3) is 0.143. The van der Waals surface area contributed by atoms with Crippen molar-refractivity contribution in [3.63, 3.8) is 0 Å². The first-order valence-electron chi connectivity index (χ1n) is 5.96. The van der Waals surface area contributed by atoms with Gasteiger partial charge in [0, 0.05) is 15.7 Å². The fourth-order valence-corrected chi connectivity index (χ4v) is 3.00. The number of ether oxygens (including phenoxy) is 1. The summed E-state index contributed by atoms with van der Waals surface area (Å²) in [6, 6.07) is 4.89. The molecule has 110 valence electrons. The molecule has 2 aromatic rings. The van der Waals surface area contributed by atoms with Crippen molar-refractivity contribution in [1.29, 1.82) is 0 Å². The van der Waals surface area contributed by atoms with E-state index in [2.05, 4.69) is 21.2 Å². The van der Waals surface area contributed by atoms with E-state index < -0.39 is 5.97 Å². The van der Waals surface area contributed by atoms with Gasteiger partial charge in [0.2, 0.25) is 0 Å². The van der Waals surface area contributed by atoms with E-state index in [4.69, 9.17) is 10.5 Å². The van der Waals surface area contributed by atoms with E-state index in [-0.39, 0.29) is 5.91 Å². The zero-order chi connectivity index (χ0) is 15.6. The Morgan fingerprint density at radius 2 is 2.10 bits per heavy atom. The largest absolute Gasteiger partial charge is 0.465 e. The van der Waals surface area contributed by atoms with Gasteiger partial charge in [-0.2, -0.15) is 0 Å². The average molecular weight is 369 g/mol. The number of halogens is 1. The molecule has 0 fully saturated rings. The van der Waals surface area contributed by atoms with Crippen molar-refractivity contribution in [3.8, 4) is 0 Å². The molecule has 0 spiro atoms. The topological polar surface area (TPSA) is 81.4 Å². The Bertz CT molecular complexity index is 712. The maximum Gasteiger partial charge on any atom is 0.350 e. The van der Waals surface area contributed by atoms with Gasteiger partial charge in [-0.15, -0.1) is 11.3 Å². The van der Waals surface area contributed by atoms with E-state index >= 15 is 0 Å². The first-order valence-corrected chi connectivity index (χ1v) is 7.64. The fourth-order valence-electron chi connectivity index (χ4n) is 1.70. The number of nitrogens with two attached hydrogens (primary N) is 1. The SMILES string of the molecule is COC(=O)c1scc(C)c1NC(=O)c1ccc(N)c(Br)c1. The van der Waals surface area contributed by atoms with Crippen LogP contribution in [0.25, 0.3) is 0 Å². The predicted molar refractivity (Wildman–Crippen MR) is 86.9 cm³/mol. The smallest absolute Gasteiger partial charge is 0.350 e. The average Bonchev–Trinajstić information content (AvgIpc) is 2.82. The lowest BCUT2D eigenvalue weighted by molar-refractivity contribution is 0.0607. The molecular weight excluding hydrogens is 356 g/mol. The molecule has 0 atom stereocenters. The monoisotopic (exact) mass is 368 g/mol. The molecule has 0 aliphatic carbocycles. The molecule has 21 heavy (non-hydrogen) atoms. The van der Waals surface area contributed by atoms with Gasteiger partial charge in [0.15, 0.2) is 0 Å². The third-order valence-electron chi connectivity index (χ3n) is 2.85. The van der Waals surface area contributed by atoms with Crippen molar-refractivity contribution in [2.75, 3.05) is 18.2 Å². The number of rotatable bonds is 3. The first-order chi connectivity index (χ1) is 9.93. The molecule has 0 saturated carbocycles. The van der Waals surface area contributed by atoms with E-state index in [1.807, 2.05) is 6.92 Å². The molecule has 3 N–H and O–H groups in total. The van der Waals surface area contributed by atoms with Gasteiger partial charge in [-0.25, -0.2) is 4.79 Å². The minimum Gasteiger partial charge on any atom is -0.465 e. The molecule has 2 rings (SSSR count). The Kier molecular flexibility index (Phi) is 4.64. The number of thiophene rings is 1. The van der Waals surface area contributed by atoms with Crippen LogP contribution in [-0.4, -0.2) is 19.0 Å². The minimum atomic E-state index is -0.470. The summed E-state index contributed by atoms with van der Waals surface area (Å²) in [5, 5.41) is 4.54. The van der Waals surface area contributed by atoms with Crippen molar-refractivity contribution in [3.05, 3.63) is 44.1 Å². The molecule has 0 aliphatic heterocycles. The molecule has 0 unspecified atom stereocenters. The van der Waals surface area contributed by atoms with E-state index in [1.54, 1.807) is 23.6 Å². The van der Waals surface area contributed by atoms with Gasteiger partial charge in [0.25, 0.3) is 5.91 Å². The van der Waals surface area contributed by atoms with E-state index in [0.717, 1.165) is 5.56 Å². The molecule has 0 bridgehead atoms. The predicted octanol–water partition coefficient (Wildman–Crippen LogP) is 3.44. The molecule has 0 aliphatic rings. The summed E-state index contributed by atoms with van der Waals surface area (Å²) in [6.45, 7) is 1.82. The summed E-state index contributed by atoms with van der Waals surface area (Å²) in [7, 11) is 1.31. The van der Waals surface area contributed by atoms with Gasteiger partial charge in [-0.05, 0) is 52.0 Å². The standard InChI is InChI=1S/C14H13BrN2O3S/c1-7-6-21-12(14(19)20-2)11(7)17-13(18)8-3-4-10(16)9(15)5-8/h3-6H,16H2,1-2H3,(H,17,18). The van der Waals surface area contributed by atoms with Crippen LogP contribution in [0.3, 0.4) is 0 Å². The number of nitrogen functional groups attached to an aromatic ring is 1. The maximum atomic E-state index is 12.3. The number of anilines is 2. The van der Waals surface area contributed by atoms with Crippen LogP contribution in [0.4, 0.5) is 11.4 Å². The summed E-state index contributed by atoms with van der Waals surface area (Å²) < 4.78 is 5.35. The normalized spacial score (nSPS) is 10.2. The van der Waals surface area contributed by atoms with Crippen LogP contribution in [0.5, 0.6) is 0 Å². The minimum absolute atomic E-state index is 0.317. The van der Waals surface area contributed by atoms with Crippen LogP contribution >= 0.6 is 27.3 Å². The molecule has 5 nitrogen and oxygen atoms in total. The van der Waals surface area contributed by atoms with Crippen molar-refractivity contribution in [1.82, 2.24) is 0 Å². The van der Waals surface area contributed by atoms with Crippen LogP contribution in [0.2, 0.25) is 0 Å². The number of amides is 1. The lowest BCUT2D eigenvalue weighted by Gasteiger charge is -2.08. The highest BCUT2D eigenvalue weighted by molar-refractivity contribution is 9.10. The lowest BCUT2D eigenvalue weighted by atomic mass is 10.2. The number of hydrogen-bond acceptors (Lipinski definition) is 5. The van der Waals surface area contributed by atoms with Gasteiger partial charge in [0.1, 0.15) is 4.88 Å². The molecule has 0 saturated heterocycles. The highest BCUT2D eigenvalue weighted by Gasteiger charge is 2.19. The molecule has 7 heteroatoms. The van der Waals surface area contributed by atoms with Crippen LogP contribution in [0.1, 0.15) is 25.6 Å². The maximum absolute atomic E-state index is 12.3. The van der Waals surface area contributed by atoms with Crippen LogP contribution in [0, 0.1) is 6.92 Å². The van der Waals surface area contributed by atoms with Gasteiger partial charge < -0.3 is 15.8 Å². The van der Waals surface area contributed by atoms with Crippen molar-refractivity contribution in [2.24, 2.45) is 0 Å². The summed E-state index contributed by atoms with van der Waals surface area (Å²) >= 11 is 4.51. The van der Waals surface area contributed by atoms with Crippen LogP contribution in [-0.2, 0) is 4.74 Å². The Hall–Kier alpha value is -1.86. The Morgan fingerprint density at radius 3 is 2.71 bits per heavy atom. The quantitative estimate of drug-likeness (QED) is 0.642. The van der Waals surface area contributed by atoms with E-state index in [1.165, 1.54) is 18.4 Å². The first kappa shape index (κ1) is 15.5. The number of nitrogens with one attached hydrogen (secondary N) is 1. The van der Waals surface area contributed by atoms with Gasteiger partial charge in [0.05, 0.1) is 12.8 Å². The van der Waals surface area contributed by atoms with Gasteiger partial charge >= 0.3 is 5.97 Å². The zero-order valence-electron chi connectivity index (χ0n) is 11.4. The molecule has 1 amide bonds. The highest BCUT2D eigenvalue weighted by atomic mass is 79.9. The van der Waals surface area contributed by atoms with Crippen molar-refractivity contribution in [2.45, 2.75) is 6.92 Å². The number of methoxy groups -OCH3 is 1. The Balaban J connectivity index is 2.29. The number of aryl methyl sites for hydroxylation is 1. The van der Waals surface area contributed by atoms with Crippen LogP contribution in [0.15, 0.2) is 28.1 Å².